The third-order valence-electron chi connectivity index (χ3n) is 4.77. The average molecular weight is 391 g/mol. The van der Waals surface area contributed by atoms with Crippen LogP contribution >= 0.6 is 0 Å². The predicted molar refractivity (Wildman–Crippen MR) is 94.0 cm³/mol. The normalized spacial score (nSPS) is 21.8. The van der Waals surface area contributed by atoms with Crippen LogP contribution in [0, 0.1) is 6.92 Å². The summed E-state index contributed by atoms with van der Waals surface area (Å²) in [5.74, 6) is -0.493. The summed E-state index contributed by atoms with van der Waals surface area (Å²) >= 11 is 0. The summed E-state index contributed by atoms with van der Waals surface area (Å²) in [5.41, 5.74) is 1.29. The first kappa shape index (κ1) is 18.5. The molecule has 0 bridgehead atoms. The zero-order valence-electron chi connectivity index (χ0n) is 15.3. The highest BCUT2D eigenvalue weighted by Gasteiger charge is 2.32. The van der Waals surface area contributed by atoms with Crippen molar-refractivity contribution in [3.63, 3.8) is 0 Å². The molecule has 3 heterocycles. The molecule has 2 aliphatic heterocycles. The molecule has 28 heavy (non-hydrogen) atoms. The van der Waals surface area contributed by atoms with Crippen LogP contribution in [-0.4, -0.2) is 38.2 Å². The second-order valence-corrected chi connectivity index (χ2v) is 6.92. The van der Waals surface area contributed by atoms with Crippen molar-refractivity contribution in [3.05, 3.63) is 40.3 Å². The largest absolute Gasteiger partial charge is 0.507 e. The predicted octanol–water partition coefficient (Wildman–Crippen LogP) is 2.12. The van der Waals surface area contributed by atoms with Crippen molar-refractivity contribution in [2.75, 3.05) is 6.61 Å². The first-order valence-corrected chi connectivity index (χ1v) is 8.82. The Morgan fingerprint density at radius 3 is 2.75 bits per heavy atom. The molecule has 1 atom stereocenters. The number of ether oxygens (including phenoxy) is 1. The summed E-state index contributed by atoms with van der Waals surface area (Å²) in [6, 6.07) is 1.69. The third-order valence-corrected chi connectivity index (χ3v) is 4.77. The summed E-state index contributed by atoms with van der Waals surface area (Å²) in [6.07, 6.45) is 0.288. The molecule has 146 valence electrons. The minimum absolute atomic E-state index is 0.110. The van der Waals surface area contributed by atoms with Gasteiger partial charge in [-0.05, 0) is 31.5 Å². The molecule has 1 aromatic heterocycles. The van der Waals surface area contributed by atoms with E-state index in [0.29, 0.717) is 23.5 Å². The van der Waals surface area contributed by atoms with E-state index in [1.807, 2.05) is 6.92 Å². The van der Waals surface area contributed by atoms with Crippen LogP contribution in [0.4, 0.5) is 13.2 Å². The van der Waals surface area contributed by atoms with Crippen molar-refractivity contribution < 1.29 is 27.7 Å². The van der Waals surface area contributed by atoms with E-state index in [9.17, 15) is 18.3 Å². The smallest absolute Gasteiger partial charge is 0.416 e. The first-order valence-electron chi connectivity index (χ1n) is 8.82. The van der Waals surface area contributed by atoms with Gasteiger partial charge in [-0.2, -0.15) is 13.2 Å². The summed E-state index contributed by atoms with van der Waals surface area (Å²) in [7, 11) is 0. The van der Waals surface area contributed by atoms with Gasteiger partial charge in [0.2, 0.25) is 6.20 Å². The Hall–Kier alpha value is -2.81. The molecule has 2 aliphatic rings. The third kappa shape index (κ3) is 3.37. The molecule has 1 N–H and O–H groups in total. The van der Waals surface area contributed by atoms with Gasteiger partial charge in [0.15, 0.2) is 11.1 Å². The molecule has 1 saturated heterocycles. The Kier molecular flexibility index (Phi) is 4.41. The lowest BCUT2D eigenvalue weighted by atomic mass is 10.0. The van der Waals surface area contributed by atoms with E-state index in [1.54, 1.807) is 10.9 Å². The van der Waals surface area contributed by atoms with Gasteiger partial charge < -0.3 is 9.84 Å². The van der Waals surface area contributed by atoms with Gasteiger partial charge >= 0.3 is 6.18 Å². The van der Waals surface area contributed by atoms with Crippen molar-refractivity contribution in [2.45, 2.75) is 39.0 Å². The molecule has 1 fully saturated rings. The van der Waals surface area contributed by atoms with Crippen molar-refractivity contribution in [3.8, 4) is 17.0 Å². The van der Waals surface area contributed by atoms with E-state index in [4.69, 9.17) is 4.74 Å². The fourth-order valence-electron chi connectivity index (χ4n) is 3.43. The Bertz CT molecular complexity index is 1090. The molecule has 9 heteroatoms. The number of halogens is 3. The van der Waals surface area contributed by atoms with Gasteiger partial charge in [-0.25, -0.2) is 9.97 Å². The Labute approximate surface area is 158 Å². The molecule has 0 radical (unpaired) electrons. The molecule has 0 spiro atoms. The highest BCUT2D eigenvalue weighted by Crippen LogP contribution is 2.37. The van der Waals surface area contributed by atoms with Crippen LogP contribution in [0.5, 0.6) is 5.75 Å². The maximum Gasteiger partial charge on any atom is 0.416 e. The number of fused-ring (bicyclic) bond motifs is 1. The zero-order valence-corrected chi connectivity index (χ0v) is 15.3. The lowest BCUT2D eigenvalue weighted by molar-refractivity contribution is -0.431. The highest BCUT2D eigenvalue weighted by molar-refractivity contribution is 5.81. The van der Waals surface area contributed by atoms with E-state index in [1.165, 1.54) is 13.1 Å². The van der Waals surface area contributed by atoms with Crippen LogP contribution in [0.25, 0.3) is 17.5 Å². The van der Waals surface area contributed by atoms with E-state index in [-0.39, 0.29) is 22.9 Å². The standard InChI is InChI=1S/C19H17F3N4O2/c1-10-5-12(19(20,21)22)7-16(27)17(10)14-8-23-15-9-26(25-18(15)24-14)13-3-4-28-11(2)6-13/h5,7-9,11H,3-4,6H2,1-2H3/p+1/b26-13+/t11-/m1/s1. The van der Waals surface area contributed by atoms with Crippen LogP contribution in [-0.2, 0) is 10.9 Å². The second kappa shape index (κ2) is 6.66. The van der Waals surface area contributed by atoms with Gasteiger partial charge in [0.1, 0.15) is 5.75 Å². The summed E-state index contributed by atoms with van der Waals surface area (Å²) in [4.78, 5) is 8.73. The number of aromatic nitrogens is 2. The monoisotopic (exact) mass is 391 g/mol. The van der Waals surface area contributed by atoms with E-state index < -0.39 is 17.5 Å². The van der Waals surface area contributed by atoms with Gasteiger partial charge in [0.25, 0.3) is 5.49 Å². The van der Waals surface area contributed by atoms with E-state index in [2.05, 4.69) is 15.1 Å². The zero-order chi connectivity index (χ0) is 20.1. The molecule has 6 nitrogen and oxygen atoms in total. The number of nitrogens with zero attached hydrogens (tertiary/aromatic N) is 4. The minimum Gasteiger partial charge on any atom is -0.507 e. The van der Waals surface area contributed by atoms with Crippen LogP contribution in [0.1, 0.15) is 30.9 Å². The number of phenolic OH excluding ortho intramolecular Hbond substituents is 1. The van der Waals surface area contributed by atoms with Gasteiger partial charge in [0.05, 0.1) is 43.0 Å². The fraction of sp³-hybridized carbons (Fsp3) is 0.368. The fourth-order valence-corrected chi connectivity index (χ4v) is 3.43. The van der Waals surface area contributed by atoms with Gasteiger partial charge in [-0.3, -0.25) is 0 Å². The van der Waals surface area contributed by atoms with Gasteiger partial charge in [-0.15, -0.1) is 0 Å². The Morgan fingerprint density at radius 1 is 1.29 bits per heavy atom. The molecule has 4 rings (SSSR count). The molecule has 0 aliphatic carbocycles. The number of aromatic hydroxyl groups is 1. The molecule has 0 saturated carbocycles. The number of hydrogen-bond acceptors (Lipinski definition) is 5. The number of phenols is 1. The quantitative estimate of drug-likeness (QED) is 0.756. The van der Waals surface area contributed by atoms with Crippen molar-refractivity contribution in [1.29, 1.82) is 0 Å². The maximum absolute atomic E-state index is 12.9. The van der Waals surface area contributed by atoms with Crippen molar-refractivity contribution in [1.82, 2.24) is 9.97 Å². The molecule has 0 unspecified atom stereocenters. The number of alkyl halides is 3. The summed E-state index contributed by atoms with van der Waals surface area (Å²) in [5, 5.41) is 15.2. The van der Waals surface area contributed by atoms with Crippen LogP contribution in [0.3, 0.4) is 0 Å². The molecular formula is C19H18F3N4O2+. The second-order valence-electron chi connectivity index (χ2n) is 6.92. The average Bonchev–Trinajstić information content (AvgIpc) is 3.04. The van der Waals surface area contributed by atoms with Crippen LogP contribution in [0.2, 0.25) is 0 Å². The van der Waals surface area contributed by atoms with Crippen molar-refractivity contribution >= 4 is 11.9 Å². The van der Waals surface area contributed by atoms with Crippen molar-refractivity contribution in [2.24, 2.45) is 5.10 Å². The van der Waals surface area contributed by atoms with Gasteiger partial charge in [-0.1, -0.05) is 4.68 Å². The van der Waals surface area contributed by atoms with Gasteiger partial charge in [0, 0.05) is 10.7 Å². The topological polar surface area (TPSA) is 70.6 Å². The van der Waals surface area contributed by atoms with E-state index >= 15 is 0 Å². The molecule has 1 aromatic carbocycles. The van der Waals surface area contributed by atoms with E-state index in [0.717, 1.165) is 24.6 Å². The van der Waals surface area contributed by atoms with Crippen LogP contribution in [0.15, 0.2) is 23.4 Å². The highest BCUT2D eigenvalue weighted by atomic mass is 19.4. The number of aryl methyl sites for hydroxylation is 1. The lowest BCUT2D eigenvalue weighted by Gasteiger charge is -2.17. The molecule has 2 aromatic rings. The SMILES string of the molecule is Cc1cc(C(F)(F)F)cc(O)c1-c1cnc2c(n1)=N/[N+](=C1\CCO[C@H](C)C1)C=2. The van der Waals surface area contributed by atoms with Crippen LogP contribution < -0.4 is 10.8 Å². The summed E-state index contributed by atoms with van der Waals surface area (Å²) < 4.78 is 46.1. The maximum atomic E-state index is 12.9. The minimum atomic E-state index is -4.53. The number of rotatable bonds is 1. The summed E-state index contributed by atoms with van der Waals surface area (Å²) in [6.45, 7) is 4.11. The number of benzene rings is 1. The lowest BCUT2D eigenvalue weighted by Crippen LogP contribution is -2.28. The Morgan fingerprint density at radius 2 is 2.07 bits per heavy atom. The molecule has 0 amide bonds. The number of hydrogen-bond donors (Lipinski definition) is 1. The Balaban J connectivity index is 1.77. The first-order chi connectivity index (χ1) is 13.2. The molecular weight excluding hydrogens is 373 g/mol.